The fraction of sp³-hybridized carbons (Fsp3) is 0.0714. The Balaban J connectivity index is 2.06. The van der Waals surface area contributed by atoms with Gasteiger partial charge in [0, 0.05) is 0 Å². The third-order valence-corrected chi connectivity index (χ3v) is 2.66. The number of nitrogen functional groups attached to an aromatic ring is 1. The number of anilines is 2. The summed E-state index contributed by atoms with van der Waals surface area (Å²) in [5.41, 5.74) is 11.0. The molecule has 2 amide bonds. The molecule has 24 heavy (non-hydrogen) atoms. The number of benzene rings is 1. The molecule has 10 nitrogen and oxygen atoms in total. The van der Waals surface area contributed by atoms with Gasteiger partial charge in [-0.2, -0.15) is 0 Å². The summed E-state index contributed by atoms with van der Waals surface area (Å²) in [4.78, 5) is 25.8. The molecule has 124 valence electrons. The molecule has 0 aliphatic rings. The number of aromatic nitrogens is 1. The van der Waals surface area contributed by atoms with E-state index in [0.717, 1.165) is 0 Å². The second-order valence-corrected chi connectivity index (χ2v) is 4.45. The van der Waals surface area contributed by atoms with Crippen molar-refractivity contribution in [2.24, 2.45) is 16.0 Å². The number of primary amides is 1. The van der Waals surface area contributed by atoms with Crippen LogP contribution in [0.4, 0.5) is 27.8 Å². The second kappa shape index (κ2) is 7.54. The minimum absolute atomic E-state index is 0.0165. The van der Waals surface area contributed by atoms with Crippen LogP contribution in [-0.2, 0) is 9.53 Å². The number of phenols is 1. The molecule has 1 aromatic heterocycles. The van der Waals surface area contributed by atoms with E-state index in [1.165, 1.54) is 18.2 Å². The van der Waals surface area contributed by atoms with Gasteiger partial charge >= 0.3 is 6.09 Å². The third-order valence-electron chi connectivity index (χ3n) is 2.66. The van der Waals surface area contributed by atoms with Gasteiger partial charge in [-0.05, 0) is 24.3 Å². The molecule has 0 bridgehead atoms. The van der Waals surface area contributed by atoms with Gasteiger partial charge in [0.15, 0.2) is 12.4 Å². The van der Waals surface area contributed by atoms with Crippen LogP contribution < -0.4 is 16.8 Å². The number of ether oxygens (including phenoxy) is 1. The van der Waals surface area contributed by atoms with Crippen LogP contribution in [0.3, 0.4) is 0 Å². The number of nitrogens with zero attached hydrogens (tertiary/aromatic N) is 3. The molecule has 0 saturated heterocycles. The number of azo groups is 1. The van der Waals surface area contributed by atoms with Crippen LogP contribution in [0.2, 0.25) is 0 Å². The van der Waals surface area contributed by atoms with E-state index in [1.54, 1.807) is 18.2 Å². The summed E-state index contributed by atoms with van der Waals surface area (Å²) in [6.07, 6.45) is -1.06. The average molecular weight is 330 g/mol. The molecule has 0 aliphatic heterocycles. The van der Waals surface area contributed by atoms with E-state index in [-0.39, 0.29) is 28.8 Å². The number of hydrogen-bond acceptors (Lipinski definition) is 8. The first-order valence-electron chi connectivity index (χ1n) is 6.64. The lowest BCUT2D eigenvalue weighted by atomic mass is 10.3. The van der Waals surface area contributed by atoms with Crippen molar-refractivity contribution in [3.05, 3.63) is 36.4 Å². The summed E-state index contributed by atoms with van der Waals surface area (Å²) >= 11 is 0. The number of carbonyl (C=O) groups excluding carboxylic acids is 2. The van der Waals surface area contributed by atoms with Crippen LogP contribution in [0.25, 0.3) is 0 Å². The van der Waals surface area contributed by atoms with Gasteiger partial charge in [0.05, 0.1) is 0 Å². The summed E-state index contributed by atoms with van der Waals surface area (Å²) in [5, 5.41) is 19.7. The maximum absolute atomic E-state index is 11.5. The summed E-state index contributed by atoms with van der Waals surface area (Å²) < 4.78 is 4.34. The smallest absolute Gasteiger partial charge is 0.405 e. The van der Waals surface area contributed by atoms with Gasteiger partial charge in [-0.3, -0.25) is 4.79 Å². The molecule has 0 saturated carbocycles. The first-order valence-corrected chi connectivity index (χ1v) is 6.64. The summed E-state index contributed by atoms with van der Waals surface area (Å²) in [6, 6.07) is 9.33. The predicted molar refractivity (Wildman–Crippen MR) is 85.1 cm³/mol. The molecule has 0 spiro atoms. The molecule has 0 aliphatic carbocycles. The molecule has 6 N–H and O–H groups in total. The molecule has 0 fully saturated rings. The van der Waals surface area contributed by atoms with Crippen LogP contribution in [0, 0.1) is 0 Å². The Morgan fingerprint density at radius 1 is 1.17 bits per heavy atom. The van der Waals surface area contributed by atoms with Gasteiger partial charge in [-0.15, -0.1) is 10.2 Å². The van der Waals surface area contributed by atoms with Gasteiger partial charge < -0.3 is 26.6 Å². The molecule has 2 rings (SSSR count). The number of pyridine rings is 1. The SMILES string of the molecule is NC(=O)OCC(=O)Nc1ccc(N=Nc2ccccc2O)c(N)n1. The number of phenolic OH excluding ortho intramolecular Hbond substituents is 1. The zero-order chi connectivity index (χ0) is 17.5. The predicted octanol–water partition coefficient (Wildman–Crippen LogP) is 1.82. The van der Waals surface area contributed by atoms with E-state index in [2.05, 4.69) is 25.3 Å². The van der Waals surface area contributed by atoms with E-state index in [1.807, 2.05) is 0 Å². The number of hydrogen-bond donors (Lipinski definition) is 4. The highest BCUT2D eigenvalue weighted by Crippen LogP contribution is 2.29. The highest BCUT2D eigenvalue weighted by Gasteiger charge is 2.08. The van der Waals surface area contributed by atoms with Crippen LogP contribution in [-0.4, -0.2) is 28.7 Å². The van der Waals surface area contributed by atoms with Crippen molar-refractivity contribution in [3.8, 4) is 5.75 Å². The van der Waals surface area contributed by atoms with Gasteiger partial charge in [-0.25, -0.2) is 9.78 Å². The molecule has 10 heteroatoms. The normalized spacial score (nSPS) is 10.5. The zero-order valence-electron chi connectivity index (χ0n) is 12.3. The largest absolute Gasteiger partial charge is 0.506 e. The molecule has 0 radical (unpaired) electrons. The fourth-order valence-electron chi connectivity index (χ4n) is 1.59. The first-order chi connectivity index (χ1) is 11.5. The lowest BCUT2D eigenvalue weighted by Crippen LogP contribution is -2.24. The van der Waals surface area contributed by atoms with Gasteiger partial charge in [0.25, 0.3) is 5.91 Å². The number of carbonyl (C=O) groups is 2. The lowest BCUT2D eigenvalue weighted by molar-refractivity contribution is -0.118. The lowest BCUT2D eigenvalue weighted by Gasteiger charge is -2.06. The maximum Gasteiger partial charge on any atom is 0.405 e. The average Bonchev–Trinajstić information content (AvgIpc) is 2.53. The standard InChI is InChI=1S/C14H14N6O4/c15-13-9(20-19-8-3-1-2-4-10(8)21)5-6-11(18-13)17-12(22)7-24-14(16)23/h1-6,21H,7H2,(H2,16,23)(H3,15,17,18,22). The fourth-order valence-corrected chi connectivity index (χ4v) is 1.59. The minimum atomic E-state index is -1.06. The second-order valence-electron chi connectivity index (χ2n) is 4.45. The van der Waals surface area contributed by atoms with Crippen LogP contribution >= 0.6 is 0 Å². The number of amides is 2. The number of para-hydroxylation sites is 1. The first kappa shape index (κ1) is 16.7. The van der Waals surface area contributed by atoms with Crippen molar-refractivity contribution < 1.29 is 19.4 Å². The minimum Gasteiger partial charge on any atom is -0.506 e. The zero-order valence-corrected chi connectivity index (χ0v) is 12.3. The Labute approximate surface area is 136 Å². The monoisotopic (exact) mass is 330 g/mol. The highest BCUT2D eigenvalue weighted by molar-refractivity contribution is 5.92. The topological polar surface area (TPSA) is 165 Å². The number of nitrogens with two attached hydrogens (primary N) is 2. The number of aromatic hydroxyl groups is 1. The van der Waals surface area contributed by atoms with Crippen LogP contribution in [0.15, 0.2) is 46.6 Å². The summed E-state index contributed by atoms with van der Waals surface area (Å²) in [5.74, 6) is -0.481. The summed E-state index contributed by atoms with van der Waals surface area (Å²) in [7, 11) is 0. The van der Waals surface area contributed by atoms with E-state index < -0.39 is 18.6 Å². The quantitative estimate of drug-likeness (QED) is 0.610. The molecular formula is C14H14N6O4. The Hall–Kier alpha value is -3.69. The van der Waals surface area contributed by atoms with E-state index >= 15 is 0 Å². The van der Waals surface area contributed by atoms with Crippen molar-refractivity contribution in [2.45, 2.75) is 0 Å². The summed E-state index contributed by atoms with van der Waals surface area (Å²) in [6.45, 7) is -0.536. The van der Waals surface area contributed by atoms with Gasteiger partial charge in [0.2, 0.25) is 0 Å². The van der Waals surface area contributed by atoms with E-state index in [4.69, 9.17) is 11.5 Å². The number of rotatable bonds is 5. The van der Waals surface area contributed by atoms with Crippen molar-refractivity contribution in [1.82, 2.24) is 4.98 Å². The van der Waals surface area contributed by atoms with Gasteiger partial charge in [0.1, 0.15) is 22.9 Å². The van der Waals surface area contributed by atoms with E-state index in [0.29, 0.717) is 0 Å². The number of nitrogens with one attached hydrogen (secondary N) is 1. The van der Waals surface area contributed by atoms with Crippen LogP contribution in [0.1, 0.15) is 0 Å². The Kier molecular flexibility index (Phi) is 5.24. The molecule has 1 aromatic carbocycles. The highest BCUT2D eigenvalue weighted by atomic mass is 16.5. The van der Waals surface area contributed by atoms with Crippen LogP contribution in [0.5, 0.6) is 5.75 Å². The van der Waals surface area contributed by atoms with Gasteiger partial charge in [-0.1, -0.05) is 12.1 Å². The molecular weight excluding hydrogens is 316 g/mol. The van der Waals surface area contributed by atoms with Crippen molar-refractivity contribution in [1.29, 1.82) is 0 Å². The molecule has 1 heterocycles. The Morgan fingerprint density at radius 2 is 1.88 bits per heavy atom. The maximum atomic E-state index is 11.5. The molecule has 0 unspecified atom stereocenters. The molecule has 0 atom stereocenters. The third kappa shape index (κ3) is 4.66. The van der Waals surface area contributed by atoms with E-state index in [9.17, 15) is 14.7 Å². The molecule has 2 aromatic rings. The Bertz CT molecular complexity index is 793. The van der Waals surface area contributed by atoms with Crippen molar-refractivity contribution >= 4 is 35.0 Å². The van der Waals surface area contributed by atoms with Crippen molar-refractivity contribution in [3.63, 3.8) is 0 Å². The Morgan fingerprint density at radius 3 is 2.54 bits per heavy atom. The van der Waals surface area contributed by atoms with Crippen molar-refractivity contribution in [2.75, 3.05) is 17.7 Å².